The van der Waals surface area contributed by atoms with Gasteiger partial charge in [0.2, 0.25) is 5.36 Å². The van der Waals surface area contributed by atoms with Gasteiger partial charge in [-0.05, 0) is 154 Å². The molecule has 41 nitrogen and oxygen atoms in total. The normalized spacial score (nSPS) is 9.92. The second-order valence-electron chi connectivity index (χ2n) is 30.8. The molecule has 1 heterocycles. The van der Waals surface area contributed by atoms with E-state index in [1.54, 1.807) is 51.5 Å². The van der Waals surface area contributed by atoms with Gasteiger partial charge in [0.25, 0.3) is 0 Å². The number of carboxylic acid groups (broad SMARTS) is 1. The van der Waals surface area contributed by atoms with Gasteiger partial charge in [-0.25, -0.2) is 4.58 Å². The fourth-order valence-electron chi connectivity index (χ4n) is 12.0. The minimum Gasteiger partial charge on any atom is -1.00 e. The lowest BCUT2D eigenvalue weighted by Crippen LogP contribution is -3.00. The third kappa shape index (κ3) is 48.9. The Kier molecular flexibility index (Phi) is 62.4. The lowest BCUT2D eigenvalue weighted by molar-refractivity contribution is -0.386. The smallest absolute Gasteiger partial charge is 0.314 e. The quantitative estimate of drug-likeness (QED) is 0.00317. The fraction of sp³-hybridized carbons (Fsp3) is 0.350. The van der Waals surface area contributed by atoms with Crippen LogP contribution in [0.5, 0.6) is 69.0 Å². The Balaban J connectivity index is 0.000000576. The van der Waals surface area contributed by atoms with Gasteiger partial charge < -0.3 is 119 Å². The van der Waals surface area contributed by atoms with Crippen LogP contribution in [-0.4, -0.2) is 207 Å². The molecule has 0 bridgehead atoms. The van der Waals surface area contributed by atoms with Crippen molar-refractivity contribution in [2.75, 3.05) is 152 Å². The zero-order chi connectivity index (χ0) is 108. The van der Waals surface area contributed by atoms with Crippen LogP contribution < -0.4 is 85.2 Å². The van der Waals surface area contributed by atoms with Crippen molar-refractivity contribution in [1.29, 1.82) is 0 Å². The third-order valence-electron chi connectivity index (χ3n) is 19.5. The Morgan fingerprint density at radius 1 is 0.426 bits per heavy atom. The van der Waals surface area contributed by atoms with Crippen LogP contribution in [-0.2, 0) is 65.7 Å². The first-order valence-corrected chi connectivity index (χ1v) is 46.8. The molecule has 0 saturated carbocycles. The number of benzene rings is 10. The van der Waals surface area contributed by atoms with Crippen molar-refractivity contribution in [1.82, 2.24) is 4.58 Å². The molecule has 9 aromatic carbocycles. The zero-order valence-corrected chi connectivity index (χ0v) is 88.4. The van der Waals surface area contributed by atoms with Gasteiger partial charge in [0.15, 0.2) is 23.0 Å². The summed E-state index contributed by atoms with van der Waals surface area (Å²) in [4.78, 5) is 110. The SMILES string of the molecule is CCOC(=O)CCCBr.CCOC(=O)CCCOc1ccc(OCc2ccccc2)cc1[N+](=O)[O-].CN(C)c1ccc2c(Cl)c3ccc(=[N+](C)C)cc-3oc2c1.COC(=O)CCCOc1ccc(OC)cc1N.COC(=O)CCCOc1ccc(OC)cc1N(C)C.COC(=O)CCCOc1ccc(OC)cc1[N+](=O)[O-].Cl.O=C(O)CCCOc1ccc(O)cc1[N+](=O)[O-].O=[N+]([O-])c1cc(OCc2ccccc2)ccc1O.[Cl-]. The second-order valence-corrected chi connectivity index (χ2v) is 32.0. The molecule has 45 heteroatoms. The van der Waals surface area contributed by atoms with E-state index >= 15 is 0 Å². The van der Waals surface area contributed by atoms with Gasteiger partial charge in [0.05, 0.1) is 155 Å². The lowest BCUT2D eigenvalue weighted by atomic mass is 10.1. The van der Waals surface area contributed by atoms with E-state index in [-0.39, 0.29) is 152 Å². The summed E-state index contributed by atoms with van der Waals surface area (Å²) in [5.41, 5.74) is 10.9. The molecular formula is C103H126BrCl3N8O33. The van der Waals surface area contributed by atoms with Gasteiger partial charge in [-0.2, -0.15) is 0 Å². The predicted molar refractivity (Wildman–Crippen MR) is 559 cm³/mol. The van der Waals surface area contributed by atoms with Crippen LogP contribution in [0.2, 0.25) is 5.02 Å². The van der Waals surface area contributed by atoms with Crippen molar-refractivity contribution >= 4 is 127 Å². The topological polar surface area (TPSA) is 523 Å². The van der Waals surface area contributed by atoms with E-state index in [0.29, 0.717) is 119 Å². The van der Waals surface area contributed by atoms with Crippen LogP contribution in [0.15, 0.2) is 211 Å². The summed E-state index contributed by atoms with van der Waals surface area (Å²) in [6.07, 6.45) is 4.77. The van der Waals surface area contributed by atoms with Crippen LogP contribution in [0, 0.1) is 40.5 Å². The number of hydrogen-bond donors (Lipinski definition) is 4. The van der Waals surface area contributed by atoms with E-state index in [0.717, 1.165) is 84.5 Å². The minimum absolute atomic E-state index is 0. The molecule has 1 aliphatic carbocycles. The summed E-state index contributed by atoms with van der Waals surface area (Å²) in [5.74, 6) is 2.31. The van der Waals surface area contributed by atoms with Crippen LogP contribution >= 0.6 is 39.9 Å². The fourth-order valence-corrected chi connectivity index (χ4v) is 12.6. The van der Waals surface area contributed by atoms with E-state index < -0.39 is 25.7 Å². The first kappa shape index (κ1) is 128. The van der Waals surface area contributed by atoms with E-state index in [4.69, 9.17) is 84.1 Å². The number of aromatic hydroxyl groups is 2. The molecule has 5 N–H and O–H groups in total. The minimum atomic E-state index is -0.950. The molecule has 0 aromatic heterocycles. The molecule has 2 aliphatic rings. The number of aliphatic carboxylic acids is 1. The number of phenolic OH excluding ortho intramolecular Hbond substituents is 2. The first-order chi connectivity index (χ1) is 69.9. The van der Waals surface area contributed by atoms with Crippen molar-refractivity contribution in [3.8, 4) is 80.3 Å². The number of esters is 5. The number of carbonyl (C=O) groups is 6. The van der Waals surface area contributed by atoms with E-state index in [1.165, 1.54) is 83.0 Å². The highest BCUT2D eigenvalue weighted by atomic mass is 79.9. The Labute approximate surface area is 882 Å². The van der Waals surface area contributed by atoms with Gasteiger partial charge in [-0.15, -0.1) is 12.4 Å². The van der Waals surface area contributed by atoms with Crippen molar-refractivity contribution in [3.63, 3.8) is 0 Å². The molecule has 0 spiro atoms. The van der Waals surface area contributed by atoms with E-state index in [2.05, 4.69) is 34.9 Å². The molecular weight excluding hydrogens is 2060 g/mol. The maximum absolute atomic E-state index is 11.3. The molecule has 0 amide bonds. The number of nitrogens with zero attached hydrogens (tertiary/aromatic N) is 7. The Bertz CT molecular complexity index is 6010. The number of methoxy groups -OCH3 is 6. The van der Waals surface area contributed by atoms with Crippen molar-refractivity contribution in [3.05, 3.63) is 268 Å². The maximum atomic E-state index is 11.3. The van der Waals surface area contributed by atoms with Crippen LogP contribution in [0.25, 0.3) is 22.3 Å². The van der Waals surface area contributed by atoms with Gasteiger partial charge in [0.1, 0.15) is 84.6 Å². The molecule has 1 aliphatic heterocycles. The van der Waals surface area contributed by atoms with Crippen LogP contribution in [0.3, 0.4) is 0 Å². The summed E-state index contributed by atoms with van der Waals surface area (Å²) in [6, 6.07) is 58.2. The second kappa shape index (κ2) is 71.8. The molecule has 148 heavy (non-hydrogen) atoms. The number of nitrogen functional groups attached to an aromatic ring is 1. The van der Waals surface area contributed by atoms with Gasteiger partial charge >= 0.3 is 58.6 Å². The molecule has 11 rings (SSSR count). The number of anilines is 3. The number of hydrogen-bond acceptors (Lipinski definition) is 35. The lowest BCUT2D eigenvalue weighted by Gasteiger charge is -2.18. The number of rotatable bonds is 45. The molecule has 0 unspecified atom stereocenters. The number of alkyl halides is 1. The average Bonchev–Trinajstić information content (AvgIpc) is 0.766. The Morgan fingerprint density at radius 2 is 0.811 bits per heavy atom. The number of nitro groups is 4. The molecule has 0 atom stereocenters. The monoisotopic (exact) mass is 2190 g/mol. The van der Waals surface area contributed by atoms with E-state index in [1.807, 2.05) is 179 Å². The van der Waals surface area contributed by atoms with Crippen molar-refractivity contribution in [2.45, 2.75) is 104 Å². The first-order valence-electron chi connectivity index (χ1n) is 45.3. The Hall–Kier alpha value is -15.6. The molecule has 0 saturated heterocycles. The van der Waals surface area contributed by atoms with Crippen LogP contribution in [0.1, 0.15) is 102 Å². The Morgan fingerprint density at radius 3 is 1.23 bits per heavy atom. The molecule has 9 aromatic rings. The van der Waals surface area contributed by atoms with Crippen LogP contribution in [0.4, 0.5) is 39.8 Å². The number of phenols is 2. The number of halogens is 4. The zero-order valence-electron chi connectivity index (χ0n) is 84.5. The summed E-state index contributed by atoms with van der Waals surface area (Å²) in [6.45, 7) is 6.35. The molecule has 0 fully saturated rings. The number of carbonyl (C=O) groups excluding carboxylic acids is 5. The van der Waals surface area contributed by atoms with Gasteiger partial charge in [-0.1, -0.05) is 88.2 Å². The van der Waals surface area contributed by atoms with Crippen molar-refractivity contribution in [2.24, 2.45) is 0 Å². The number of carboxylic acids is 1. The maximum Gasteiger partial charge on any atom is 0.314 e. The standard InChI is InChI=1S/C19H21NO6.C17H18ClN2O.C14H21NO4.C13H11NO4.C12H15NO6.C12H17NO4.C10H11NO6.C6H11BrO2.2ClH/c1-2-24-19(21)9-6-12-25-18-11-10-16(13-17(18)20(22)23)26-14-15-7-4-3-5-8-15;1-19(2)11-5-7-13-15(9-11)21-16-10-12(20(3)4)6-8-14(16)17(13)18;1-15(2)12-10-11(17-3)7-8-13(12)19-9-5-6-14(16)18-4;15-13-7-6-11(8-12(13)14(16)17)18-9-10-4-2-1-3-5-10;1-17-9-5-6-11(10(8-9)13(15)16)19-7-3-4-12(14)18-2;1-15-9-5-6-11(10(13)8-9)17-7-3-4-12(14)16-2;12-7-3-4-9(8(6-7)11(15)16)17-5-1-2-10(13)14;1-2-9-6(8)4-3-5-7;;/h3-5,7-8,10-11,13H,2,6,9,12,14H2,1H3;5-10H,1-4H3;7-8,10H,5-6,9H2,1-4H3;1-8,15H,9H2;5-6,8H,3-4,7H2,1-2H3;5-6,8H,3-4,7,13H2,1-2H3;3-4,6,12H,1-2,5H2,(H,13,14);2-5H2,1H3;2*1H/q;+1;;;;;;;;/p-1. The summed E-state index contributed by atoms with van der Waals surface area (Å²) in [5, 5.41) is 73.8. The number of fused-ring (bicyclic) bond motifs is 2. The summed E-state index contributed by atoms with van der Waals surface area (Å²) in [7, 11) is 20.6. The van der Waals surface area contributed by atoms with Crippen molar-refractivity contribution < 1.29 is 152 Å². The predicted octanol–water partition coefficient (Wildman–Crippen LogP) is 16.4. The van der Waals surface area contributed by atoms with Gasteiger partial charge in [-0.3, -0.25) is 69.2 Å². The third-order valence-corrected chi connectivity index (χ3v) is 20.5. The highest BCUT2D eigenvalue weighted by Crippen LogP contribution is 2.40. The number of nitrogens with two attached hydrogens (primary N) is 1. The van der Waals surface area contributed by atoms with E-state index in [9.17, 15) is 74.3 Å². The summed E-state index contributed by atoms with van der Waals surface area (Å²) < 4.78 is 84.3. The summed E-state index contributed by atoms with van der Waals surface area (Å²) >= 11 is 9.77. The highest BCUT2D eigenvalue weighted by Gasteiger charge is 2.23. The molecule has 0 radical (unpaired) electrons. The largest absolute Gasteiger partial charge is 1.00 e. The number of nitro benzene ring substituents is 4. The number of ether oxygens (including phenoxy) is 15. The average molecular weight is 2190 g/mol. The molecule has 804 valence electrons. The highest BCUT2D eigenvalue weighted by molar-refractivity contribution is 9.09. The van der Waals surface area contributed by atoms with Gasteiger partial charge in [0, 0.05) is 113 Å².